The summed E-state index contributed by atoms with van der Waals surface area (Å²) in [4.78, 5) is 11.0. The van der Waals surface area contributed by atoms with Crippen LogP contribution in [0.3, 0.4) is 0 Å². The third kappa shape index (κ3) is 3.59. The molecule has 0 bridgehead atoms. The molecule has 1 aromatic carbocycles. The lowest BCUT2D eigenvalue weighted by molar-refractivity contribution is -0.142. The number of ether oxygens (including phenoxy) is 1. The average Bonchev–Trinajstić information content (AvgIpc) is 2.40. The smallest absolute Gasteiger partial charge is 0.302 e. The predicted molar refractivity (Wildman–Crippen MR) is 69.9 cm³/mol. The number of hydrogen-bond donors (Lipinski definition) is 0. The topological polar surface area (TPSA) is 50.1 Å². The van der Waals surface area contributed by atoms with Crippen LogP contribution < -0.4 is 0 Å². The SMILES string of the molecule is CCCC[C@](C#N)(COC(C)=O)c1ccccc1. The molecular formula is C15H19NO2. The molecule has 0 N–H and O–H groups in total. The van der Waals surface area contributed by atoms with Gasteiger partial charge in [-0.15, -0.1) is 0 Å². The normalized spacial score (nSPS) is 13.4. The van der Waals surface area contributed by atoms with Crippen molar-refractivity contribution in [1.82, 2.24) is 0 Å². The summed E-state index contributed by atoms with van der Waals surface area (Å²) in [5.74, 6) is -0.345. The Bertz CT molecular complexity index is 422. The largest absolute Gasteiger partial charge is 0.464 e. The molecule has 0 aromatic heterocycles. The molecule has 3 heteroatoms. The molecule has 0 amide bonds. The Morgan fingerprint density at radius 2 is 2.06 bits per heavy atom. The van der Waals surface area contributed by atoms with Gasteiger partial charge in [-0.2, -0.15) is 5.26 Å². The quantitative estimate of drug-likeness (QED) is 0.723. The minimum atomic E-state index is -0.719. The predicted octanol–water partition coefficient (Wildman–Crippen LogP) is 3.20. The first-order valence-corrected chi connectivity index (χ1v) is 6.25. The molecule has 1 rings (SSSR count). The first-order valence-electron chi connectivity index (χ1n) is 6.25. The van der Waals surface area contributed by atoms with Gasteiger partial charge < -0.3 is 4.74 Å². The fraction of sp³-hybridized carbons (Fsp3) is 0.467. The average molecular weight is 245 g/mol. The third-order valence-electron chi connectivity index (χ3n) is 3.02. The Labute approximate surface area is 108 Å². The Morgan fingerprint density at radius 3 is 2.56 bits per heavy atom. The van der Waals surface area contributed by atoms with Crippen molar-refractivity contribution in [1.29, 1.82) is 5.26 Å². The van der Waals surface area contributed by atoms with Crippen LogP contribution in [0.1, 0.15) is 38.7 Å². The summed E-state index contributed by atoms with van der Waals surface area (Å²) < 4.78 is 5.09. The highest BCUT2D eigenvalue weighted by Crippen LogP contribution is 2.30. The minimum Gasteiger partial charge on any atom is -0.464 e. The van der Waals surface area contributed by atoms with E-state index < -0.39 is 5.41 Å². The molecule has 18 heavy (non-hydrogen) atoms. The monoisotopic (exact) mass is 245 g/mol. The zero-order valence-corrected chi connectivity index (χ0v) is 11.0. The molecule has 0 saturated carbocycles. The molecule has 0 aliphatic heterocycles. The Balaban J connectivity index is 2.98. The highest BCUT2D eigenvalue weighted by atomic mass is 16.5. The summed E-state index contributed by atoms with van der Waals surface area (Å²) in [6, 6.07) is 11.9. The minimum absolute atomic E-state index is 0.128. The van der Waals surface area contributed by atoms with Crippen molar-refractivity contribution in [2.24, 2.45) is 0 Å². The van der Waals surface area contributed by atoms with E-state index in [-0.39, 0.29) is 12.6 Å². The highest BCUT2D eigenvalue weighted by Gasteiger charge is 2.33. The molecule has 0 unspecified atom stereocenters. The molecular weight excluding hydrogens is 226 g/mol. The van der Waals surface area contributed by atoms with E-state index in [4.69, 9.17) is 4.74 Å². The van der Waals surface area contributed by atoms with Gasteiger partial charge in [-0.25, -0.2) is 0 Å². The van der Waals surface area contributed by atoms with Gasteiger partial charge in [0, 0.05) is 6.92 Å². The molecule has 0 saturated heterocycles. The lowest BCUT2D eigenvalue weighted by Gasteiger charge is -2.26. The number of hydrogen-bond acceptors (Lipinski definition) is 3. The van der Waals surface area contributed by atoms with Crippen molar-refractivity contribution in [3.05, 3.63) is 35.9 Å². The summed E-state index contributed by atoms with van der Waals surface area (Å²) >= 11 is 0. The number of unbranched alkanes of at least 4 members (excludes halogenated alkanes) is 1. The molecule has 0 aliphatic carbocycles. The number of nitrogens with zero attached hydrogens (tertiary/aromatic N) is 1. The van der Waals surface area contributed by atoms with E-state index in [1.54, 1.807) is 0 Å². The number of carbonyl (C=O) groups excluding carboxylic acids is 1. The zero-order valence-electron chi connectivity index (χ0n) is 11.0. The lowest BCUT2D eigenvalue weighted by atomic mass is 9.78. The fourth-order valence-electron chi connectivity index (χ4n) is 1.91. The number of rotatable bonds is 6. The van der Waals surface area contributed by atoms with Crippen LogP contribution in [0.25, 0.3) is 0 Å². The van der Waals surface area contributed by atoms with Crippen LogP contribution in [0, 0.1) is 11.3 Å². The number of nitriles is 1. The number of carbonyl (C=O) groups is 1. The maximum atomic E-state index is 11.0. The standard InChI is InChI=1S/C15H19NO2/c1-3-4-10-15(11-16,12-18-13(2)17)14-8-6-5-7-9-14/h5-9H,3-4,10,12H2,1-2H3/t15-/m0/s1. The van der Waals surface area contributed by atoms with Crippen LogP contribution in [0.2, 0.25) is 0 Å². The molecule has 0 aliphatic rings. The van der Waals surface area contributed by atoms with Crippen molar-refractivity contribution in [2.75, 3.05) is 6.61 Å². The van der Waals surface area contributed by atoms with E-state index >= 15 is 0 Å². The van der Waals surface area contributed by atoms with Gasteiger partial charge in [-0.1, -0.05) is 50.1 Å². The van der Waals surface area contributed by atoms with Crippen molar-refractivity contribution in [3.63, 3.8) is 0 Å². The van der Waals surface area contributed by atoms with Gasteiger partial charge in [0.2, 0.25) is 0 Å². The summed E-state index contributed by atoms with van der Waals surface area (Å²) in [7, 11) is 0. The van der Waals surface area contributed by atoms with E-state index in [1.807, 2.05) is 30.3 Å². The molecule has 0 spiro atoms. The molecule has 1 aromatic rings. The molecule has 0 heterocycles. The second-order valence-electron chi connectivity index (χ2n) is 4.44. The van der Waals surface area contributed by atoms with Gasteiger partial charge in [-0.05, 0) is 12.0 Å². The van der Waals surface area contributed by atoms with Gasteiger partial charge in [0.1, 0.15) is 12.0 Å². The maximum absolute atomic E-state index is 11.0. The molecule has 96 valence electrons. The van der Waals surface area contributed by atoms with Crippen molar-refractivity contribution in [2.45, 2.75) is 38.5 Å². The van der Waals surface area contributed by atoms with Crippen LogP contribution in [-0.2, 0) is 14.9 Å². The van der Waals surface area contributed by atoms with Crippen LogP contribution in [0.4, 0.5) is 0 Å². The summed E-state index contributed by atoms with van der Waals surface area (Å²) in [6.07, 6.45) is 2.65. The van der Waals surface area contributed by atoms with E-state index in [0.29, 0.717) is 6.42 Å². The van der Waals surface area contributed by atoms with E-state index in [9.17, 15) is 10.1 Å². The van der Waals surface area contributed by atoms with Crippen molar-refractivity contribution < 1.29 is 9.53 Å². The molecule has 3 nitrogen and oxygen atoms in total. The summed E-state index contributed by atoms with van der Waals surface area (Å²) in [5.41, 5.74) is 0.199. The van der Waals surface area contributed by atoms with Crippen LogP contribution in [-0.4, -0.2) is 12.6 Å². The summed E-state index contributed by atoms with van der Waals surface area (Å²) in [6.45, 7) is 3.58. The van der Waals surface area contributed by atoms with E-state index in [2.05, 4.69) is 13.0 Å². The molecule has 0 fully saturated rings. The Morgan fingerprint density at radius 1 is 1.39 bits per heavy atom. The lowest BCUT2D eigenvalue weighted by Crippen LogP contribution is -2.31. The second-order valence-corrected chi connectivity index (χ2v) is 4.44. The fourth-order valence-corrected chi connectivity index (χ4v) is 1.91. The Kier molecular flexibility index (Phi) is 5.38. The van der Waals surface area contributed by atoms with Gasteiger partial charge in [-0.3, -0.25) is 4.79 Å². The van der Waals surface area contributed by atoms with E-state index in [1.165, 1.54) is 6.92 Å². The Hall–Kier alpha value is -1.82. The summed E-state index contributed by atoms with van der Waals surface area (Å²) in [5, 5.41) is 9.53. The second kappa shape index (κ2) is 6.80. The molecule has 1 atom stereocenters. The van der Waals surface area contributed by atoms with Crippen molar-refractivity contribution >= 4 is 5.97 Å². The molecule has 0 radical (unpaired) electrons. The van der Waals surface area contributed by atoms with Crippen LogP contribution in [0.5, 0.6) is 0 Å². The number of benzene rings is 1. The van der Waals surface area contributed by atoms with Gasteiger partial charge in [0.25, 0.3) is 0 Å². The van der Waals surface area contributed by atoms with Gasteiger partial charge in [0.15, 0.2) is 0 Å². The van der Waals surface area contributed by atoms with Crippen LogP contribution >= 0.6 is 0 Å². The zero-order chi connectivity index (χ0) is 13.4. The first kappa shape index (κ1) is 14.2. The maximum Gasteiger partial charge on any atom is 0.302 e. The van der Waals surface area contributed by atoms with Gasteiger partial charge >= 0.3 is 5.97 Å². The van der Waals surface area contributed by atoms with Crippen LogP contribution in [0.15, 0.2) is 30.3 Å². The number of esters is 1. The third-order valence-corrected chi connectivity index (χ3v) is 3.02. The van der Waals surface area contributed by atoms with Crippen molar-refractivity contribution in [3.8, 4) is 6.07 Å². The van der Waals surface area contributed by atoms with E-state index in [0.717, 1.165) is 18.4 Å². The highest BCUT2D eigenvalue weighted by molar-refractivity contribution is 5.66. The van der Waals surface area contributed by atoms with Gasteiger partial charge in [0.05, 0.1) is 6.07 Å². The first-order chi connectivity index (χ1) is 8.64.